The number of pyridine rings is 1. The van der Waals surface area contributed by atoms with Crippen molar-refractivity contribution < 1.29 is 17.9 Å². The molecule has 2 aromatic carbocycles. The average molecular weight is 426 g/mol. The van der Waals surface area contributed by atoms with E-state index in [0.717, 1.165) is 16.5 Å². The fourth-order valence-corrected chi connectivity index (χ4v) is 4.62. The number of rotatable bonds is 6. The third-order valence-corrected chi connectivity index (χ3v) is 6.50. The molecule has 1 aliphatic heterocycles. The molecular weight excluding hydrogens is 402 g/mol. The van der Waals surface area contributed by atoms with Crippen LogP contribution in [0.1, 0.15) is 12.0 Å². The number of para-hydroxylation sites is 1. The predicted octanol–water partition coefficient (Wildman–Crippen LogP) is 2.50. The number of benzene rings is 2. The van der Waals surface area contributed by atoms with Gasteiger partial charge in [0.25, 0.3) is 0 Å². The SMILES string of the molecule is Cc1cccc(S(=O)(=O)NCC(=O)N2CCC(Oc3cccc4cccnc34)C2)c1. The van der Waals surface area contributed by atoms with Crippen LogP contribution in [0.25, 0.3) is 10.9 Å². The number of carbonyl (C=O) groups excluding carboxylic acids is 1. The lowest BCUT2D eigenvalue weighted by molar-refractivity contribution is -0.129. The summed E-state index contributed by atoms with van der Waals surface area (Å²) in [6.07, 6.45) is 2.24. The first kappa shape index (κ1) is 20.3. The highest BCUT2D eigenvalue weighted by atomic mass is 32.2. The highest BCUT2D eigenvalue weighted by molar-refractivity contribution is 7.89. The Labute approximate surface area is 175 Å². The van der Waals surface area contributed by atoms with Crippen LogP contribution in [0.4, 0.5) is 0 Å². The van der Waals surface area contributed by atoms with Crippen molar-refractivity contribution in [3.05, 3.63) is 66.4 Å². The zero-order valence-corrected chi connectivity index (χ0v) is 17.4. The minimum atomic E-state index is -3.73. The summed E-state index contributed by atoms with van der Waals surface area (Å²) in [5.74, 6) is 0.418. The van der Waals surface area contributed by atoms with E-state index in [9.17, 15) is 13.2 Å². The molecule has 0 aliphatic carbocycles. The van der Waals surface area contributed by atoms with Crippen LogP contribution in [-0.2, 0) is 14.8 Å². The van der Waals surface area contributed by atoms with Gasteiger partial charge in [-0.3, -0.25) is 9.78 Å². The number of aryl methyl sites for hydroxylation is 1. The fraction of sp³-hybridized carbons (Fsp3) is 0.273. The van der Waals surface area contributed by atoms with Gasteiger partial charge in [0.15, 0.2) is 0 Å². The number of amides is 1. The summed E-state index contributed by atoms with van der Waals surface area (Å²) in [5, 5.41) is 0.992. The second kappa shape index (κ2) is 8.41. The summed E-state index contributed by atoms with van der Waals surface area (Å²) in [5.41, 5.74) is 1.63. The van der Waals surface area contributed by atoms with Crippen molar-refractivity contribution in [3.63, 3.8) is 0 Å². The number of nitrogens with one attached hydrogen (secondary N) is 1. The molecule has 1 atom stereocenters. The minimum Gasteiger partial charge on any atom is -0.486 e. The summed E-state index contributed by atoms with van der Waals surface area (Å²) in [7, 11) is -3.73. The van der Waals surface area contributed by atoms with Gasteiger partial charge in [-0.05, 0) is 36.8 Å². The largest absolute Gasteiger partial charge is 0.486 e. The van der Waals surface area contributed by atoms with E-state index in [1.807, 2.05) is 43.3 Å². The Balaban J connectivity index is 1.35. The highest BCUT2D eigenvalue weighted by Crippen LogP contribution is 2.26. The van der Waals surface area contributed by atoms with Gasteiger partial charge in [-0.25, -0.2) is 13.1 Å². The monoisotopic (exact) mass is 425 g/mol. The lowest BCUT2D eigenvalue weighted by atomic mass is 10.2. The maximum atomic E-state index is 12.5. The zero-order chi connectivity index (χ0) is 21.1. The average Bonchev–Trinajstić information content (AvgIpc) is 3.21. The molecule has 2 heterocycles. The summed E-state index contributed by atoms with van der Waals surface area (Å²) in [6.45, 7) is 2.47. The summed E-state index contributed by atoms with van der Waals surface area (Å²) < 4.78 is 33.3. The van der Waals surface area contributed by atoms with Crippen LogP contribution in [0.2, 0.25) is 0 Å². The van der Waals surface area contributed by atoms with E-state index in [-0.39, 0.29) is 23.5 Å². The van der Waals surface area contributed by atoms with Crippen LogP contribution in [0.15, 0.2) is 65.7 Å². The number of fused-ring (bicyclic) bond motifs is 1. The molecule has 3 aromatic rings. The molecule has 1 N–H and O–H groups in total. The first-order valence-electron chi connectivity index (χ1n) is 9.77. The van der Waals surface area contributed by atoms with Gasteiger partial charge in [0.05, 0.1) is 18.0 Å². The smallest absolute Gasteiger partial charge is 0.241 e. The van der Waals surface area contributed by atoms with Crippen LogP contribution >= 0.6 is 0 Å². The van der Waals surface area contributed by atoms with E-state index < -0.39 is 10.0 Å². The highest BCUT2D eigenvalue weighted by Gasteiger charge is 2.28. The molecule has 1 unspecified atom stereocenters. The van der Waals surface area contributed by atoms with E-state index in [1.165, 1.54) is 6.07 Å². The van der Waals surface area contributed by atoms with Crippen LogP contribution in [-0.4, -0.2) is 49.9 Å². The Morgan fingerprint density at radius 1 is 1.20 bits per heavy atom. The molecule has 0 radical (unpaired) electrons. The van der Waals surface area contributed by atoms with Crippen molar-refractivity contribution >= 4 is 26.8 Å². The number of carbonyl (C=O) groups is 1. The molecule has 1 aliphatic rings. The van der Waals surface area contributed by atoms with Crippen molar-refractivity contribution in [2.75, 3.05) is 19.6 Å². The van der Waals surface area contributed by atoms with Crippen LogP contribution in [0.3, 0.4) is 0 Å². The fourth-order valence-electron chi connectivity index (χ4n) is 3.54. The second-order valence-electron chi connectivity index (χ2n) is 7.34. The Bertz CT molecular complexity index is 1170. The molecule has 7 nitrogen and oxygen atoms in total. The Kier molecular flexibility index (Phi) is 5.69. The number of likely N-dealkylation sites (tertiary alicyclic amines) is 1. The third-order valence-electron chi connectivity index (χ3n) is 5.10. The molecule has 0 bridgehead atoms. The Morgan fingerprint density at radius 3 is 2.83 bits per heavy atom. The summed E-state index contributed by atoms with van der Waals surface area (Å²) in [4.78, 5) is 18.7. The van der Waals surface area contributed by atoms with E-state index in [4.69, 9.17) is 4.74 Å². The van der Waals surface area contributed by atoms with Crippen LogP contribution < -0.4 is 9.46 Å². The van der Waals surface area contributed by atoms with E-state index in [2.05, 4.69) is 9.71 Å². The van der Waals surface area contributed by atoms with Gasteiger partial charge < -0.3 is 9.64 Å². The molecule has 4 rings (SSSR count). The van der Waals surface area contributed by atoms with Crippen LogP contribution in [0, 0.1) is 6.92 Å². The molecule has 1 amide bonds. The van der Waals surface area contributed by atoms with Crippen molar-refractivity contribution in [1.82, 2.24) is 14.6 Å². The third kappa shape index (κ3) is 4.44. The lowest BCUT2D eigenvalue weighted by Gasteiger charge is -2.18. The quantitative estimate of drug-likeness (QED) is 0.656. The van der Waals surface area contributed by atoms with E-state index in [1.54, 1.807) is 23.2 Å². The van der Waals surface area contributed by atoms with Gasteiger partial charge in [0, 0.05) is 24.5 Å². The number of sulfonamides is 1. The zero-order valence-electron chi connectivity index (χ0n) is 16.6. The molecule has 156 valence electrons. The number of aromatic nitrogens is 1. The molecule has 0 spiro atoms. The number of hydrogen-bond acceptors (Lipinski definition) is 5. The Morgan fingerprint density at radius 2 is 2.00 bits per heavy atom. The number of hydrogen-bond donors (Lipinski definition) is 1. The predicted molar refractivity (Wildman–Crippen MR) is 114 cm³/mol. The van der Waals surface area contributed by atoms with Gasteiger partial charge >= 0.3 is 0 Å². The standard InChI is InChI=1S/C22H23N3O4S/c1-16-5-2-8-19(13-16)30(27,28)24-14-21(26)25-12-10-18(15-25)29-20-9-3-6-17-7-4-11-23-22(17)20/h2-9,11,13,18,24H,10,12,14-15H2,1H3. The summed E-state index contributed by atoms with van der Waals surface area (Å²) in [6, 6.07) is 16.2. The Hall–Kier alpha value is -2.97. The summed E-state index contributed by atoms with van der Waals surface area (Å²) >= 11 is 0. The van der Waals surface area contributed by atoms with Gasteiger partial charge in [0.2, 0.25) is 15.9 Å². The lowest BCUT2D eigenvalue weighted by Crippen LogP contribution is -2.39. The van der Waals surface area contributed by atoms with Crippen LogP contribution in [0.5, 0.6) is 5.75 Å². The second-order valence-corrected chi connectivity index (χ2v) is 9.11. The first-order chi connectivity index (χ1) is 14.4. The maximum Gasteiger partial charge on any atom is 0.241 e. The van der Waals surface area contributed by atoms with Crippen molar-refractivity contribution in [1.29, 1.82) is 0 Å². The molecule has 30 heavy (non-hydrogen) atoms. The normalized spacial score (nSPS) is 16.7. The van der Waals surface area contributed by atoms with Gasteiger partial charge in [-0.15, -0.1) is 0 Å². The van der Waals surface area contributed by atoms with Gasteiger partial charge in [0.1, 0.15) is 17.4 Å². The topological polar surface area (TPSA) is 88.6 Å². The number of nitrogens with zero attached hydrogens (tertiary/aromatic N) is 2. The molecule has 8 heteroatoms. The number of ether oxygens (including phenoxy) is 1. The minimum absolute atomic E-state index is 0.154. The first-order valence-corrected chi connectivity index (χ1v) is 11.3. The molecule has 1 fully saturated rings. The van der Waals surface area contributed by atoms with Gasteiger partial charge in [-0.1, -0.05) is 30.3 Å². The van der Waals surface area contributed by atoms with Crippen molar-refractivity contribution in [2.24, 2.45) is 0 Å². The van der Waals surface area contributed by atoms with Crippen molar-refractivity contribution in [3.8, 4) is 5.75 Å². The molecule has 1 saturated heterocycles. The van der Waals surface area contributed by atoms with Gasteiger partial charge in [-0.2, -0.15) is 0 Å². The maximum absolute atomic E-state index is 12.5. The van der Waals surface area contributed by atoms with E-state index >= 15 is 0 Å². The molecule has 0 saturated carbocycles. The van der Waals surface area contributed by atoms with Crippen molar-refractivity contribution in [2.45, 2.75) is 24.3 Å². The molecule has 1 aromatic heterocycles. The molecular formula is C22H23N3O4S. The van der Waals surface area contributed by atoms with E-state index in [0.29, 0.717) is 25.3 Å².